The lowest BCUT2D eigenvalue weighted by Crippen LogP contribution is -2.39. The summed E-state index contributed by atoms with van der Waals surface area (Å²) in [5.74, 6) is -1.64. The van der Waals surface area contributed by atoms with Crippen molar-refractivity contribution in [3.8, 4) is 11.1 Å². The molecular weight excluding hydrogens is 384 g/mol. The van der Waals surface area contributed by atoms with E-state index in [0.717, 1.165) is 22.3 Å². The number of carboxylic acids is 1. The first kappa shape index (κ1) is 21.1. The molecule has 7 heteroatoms. The Balaban J connectivity index is 1.49. The average Bonchev–Trinajstić information content (AvgIpc) is 3.07. The van der Waals surface area contributed by atoms with E-state index in [9.17, 15) is 14.4 Å². The molecule has 1 aliphatic rings. The largest absolute Gasteiger partial charge is 0.480 e. The van der Waals surface area contributed by atoms with Crippen LogP contribution in [0.15, 0.2) is 60.7 Å². The molecule has 0 fully saturated rings. The number of hydrogen-bond donors (Lipinski definition) is 3. The zero-order chi connectivity index (χ0) is 21.5. The zero-order valence-electron chi connectivity index (χ0n) is 16.6. The number of carboxylic acid groups (broad SMARTS) is 1. The smallest absolute Gasteiger partial charge is 0.407 e. The van der Waals surface area contributed by atoms with E-state index in [1.54, 1.807) is 6.92 Å². The second-order valence-electron chi connectivity index (χ2n) is 6.92. The van der Waals surface area contributed by atoms with E-state index in [4.69, 9.17) is 9.84 Å². The molecule has 2 aromatic carbocycles. The number of fused-ring (bicyclic) bond motifs is 3. The van der Waals surface area contributed by atoms with Crippen LogP contribution in [0.25, 0.3) is 11.1 Å². The molecule has 3 rings (SSSR count). The van der Waals surface area contributed by atoms with Gasteiger partial charge in [0.1, 0.15) is 12.6 Å². The highest BCUT2D eigenvalue weighted by Crippen LogP contribution is 2.44. The lowest BCUT2D eigenvalue weighted by Gasteiger charge is -2.14. The summed E-state index contributed by atoms with van der Waals surface area (Å²) in [4.78, 5) is 34.6. The van der Waals surface area contributed by atoms with Crippen molar-refractivity contribution < 1.29 is 24.2 Å². The summed E-state index contributed by atoms with van der Waals surface area (Å²) in [6, 6.07) is 15.2. The van der Waals surface area contributed by atoms with Gasteiger partial charge < -0.3 is 20.5 Å². The van der Waals surface area contributed by atoms with Crippen LogP contribution in [0.4, 0.5) is 4.79 Å². The van der Waals surface area contributed by atoms with Crippen molar-refractivity contribution in [2.24, 2.45) is 0 Å². The molecule has 1 atom stereocenters. The normalized spacial score (nSPS) is 13.4. The Bertz CT molecular complexity index is 924. The quantitative estimate of drug-likeness (QED) is 0.583. The maximum atomic E-state index is 12.0. The summed E-state index contributed by atoms with van der Waals surface area (Å²) in [6.07, 6.45) is 2.33. The van der Waals surface area contributed by atoms with Crippen LogP contribution >= 0.6 is 0 Å². The van der Waals surface area contributed by atoms with Gasteiger partial charge in [0.15, 0.2) is 0 Å². The fourth-order valence-corrected chi connectivity index (χ4v) is 3.52. The minimum atomic E-state index is -1.09. The molecule has 0 heterocycles. The number of carbonyl (C=O) groups excluding carboxylic acids is 2. The van der Waals surface area contributed by atoms with Crippen molar-refractivity contribution in [1.29, 1.82) is 0 Å². The molecule has 0 bridgehead atoms. The highest BCUT2D eigenvalue weighted by Gasteiger charge is 2.28. The predicted molar refractivity (Wildman–Crippen MR) is 112 cm³/mol. The highest BCUT2D eigenvalue weighted by atomic mass is 16.5. The van der Waals surface area contributed by atoms with Crippen LogP contribution in [0.5, 0.6) is 0 Å². The molecule has 0 aliphatic heterocycles. The number of alkyl carbamates (subject to hydrolysis) is 1. The average molecular weight is 408 g/mol. The number of rotatable bonds is 8. The number of benzene rings is 2. The third-order valence-electron chi connectivity index (χ3n) is 5.00. The Morgan fingerprint density at radius 2 is 1.67 bits per heavy atom. The van der Waals surface area contributed by atoms with Crippen LogP contribution in [0.1, 0.15) is 30.4 Å². The number of nitrogens with one attached hydrogen (secondary N) is 2. The Labute approximate surface area is 174 Å². The maximum absolute atomic E-state index is 12.0. The van der Waals surface area contributed by atoms with Crippen molar-refractivity contribution in [3.63, 3.8) is 0 Å². The molecule has 2 aromatic rings. The number of hydrogen-bond acceptors (Lipinski definition) is 4. The molecule has 156 valence electrons. The lowest BCUT2D eigenvalue weighted by molar-refractivity contribution is -0.141. The van der Waals surface area contributed by atoms with Crippen molar-refractivity contribution in [2.75, 3.05) is 13.2 Å². The predicted octanol–water partition coefficient (Wildman–Crippen LogP) is 3.06. The molecule has 7 nitrogen and oxygen atoms in total. The Morgan fingerprint density at radius 3 is 2.23 bits per heavy atom. The second kappa shape index (κ2) is 9.73. The van der Waals surface area contributed by atoms with E-state index >= 15 is 0 Å². The topological polar surface area (TPSA) is 105 Å². The van der Waals surface area contributed by atoms with Gasteiger partial charge in [0.05, 0.1) is 0 Å². The van der Waals surface area contributed by atoms with E-state index in [0.29, 0.717) is 0 Å². The van der Waals surface area contributed by atoms with Crippen molar-refractivity contribution in [2.45, 2.75) is 25.3 Å². The van der Waals surface area contributed by atoms with Crippen molar-refractivity contribution >= 4 is 18.0 Å². The van der Waals surface area contributed by atoms with Gasteiger partial charge in [-0.1, -0.05) is 61.5 Å². The van der Waals surface area contributed by atoms with Crippen LogP contribution < -0.4 is 10.6 Å². The SMILES string of the molecule is CCC(NC(=O)/C=C/CNC(=O)OCC1c2ccccc2-c2ccccc21)C(=O)O. The van der Waals surface area contributed by atoms with E-state index in [1.807, 2.05) is 36.4 Å². The van der Waals surface area contributed by atoms with Crippen LogP contribution in [0.2, 0.25) is 0 Å². The molecule has 1 unspecified atom stereocenters. The zero-order valence-corrected chi connectivity index (χ0v) is 16.6. The number of carbonyl (C=O) groups is 3. The van der Waals surface area contributed by atoms with Crippen LogP contribution in [0.3, 0.4) is 0 Å². The minimum absolute atomic E-state index is 0.0218. The van der Waals surface area contributed by atoms with Crippen LogP contribution in [0, 0.1) is 0 Å². The fourth-order valence-electron chi connectivity index (χ4n) is 3.52. The Hall–Kier alpha value is -3.61. The van der Waals surface area contributed by atoms with E-state index < -0.39 is 24.0 Å². The van der Waals surface area contributed by atoms with E-state index in [1.165, 1.54) is 12.2 Å². The van der Waals surface area contributed by atoms with Gasteiger partial charge in [-0.3, -0.25) is 4.79 Å². The fraction of sp³-hybridized carbons (Fsp3) is 0.261. The Kier molecular flexibility index (Phi) is 6.85. The van der Waals surface area contributed by atoms with Gasteiger partial charge >= 0.3 is 12.1 Å². The van der Waals surface area contributed by atoms with Gasteiger partial charge in [-0.25, -0.2) is 9.59 Å². The lowest BCUT2D eigenvalue weighted by atomic mass is 9.98. The first-order valence-corrected chi connectivity index (χ1v) is 9.80. The molecular formula is C23H24N2O5. The van der Waals surface area contributed by atoms with Gasteiger partial charge in [-0.2, -0.15) is 0 Å². The second-order valence-corrected chi connectivity index (χ2v) is 6.92. The molecule has 30 heavy (non-hydrogen) atoms. The van der Waals surface area contributed by atoms with Gasteiger partial charge in [0, 0.05) is 18.5 Å². The minimum Gasteiger partial charge on any atom is -0.480 e. The molecule has 1 aliphatic carbocycles. The van der Waals surface area contributed by atoms with Crippen LogP contribution in [-0.2, 0) is 14.3 Å². The summed E-state index contributed by atoms with van der Waals surface area (Å²) < 4.78 is 5.40. The summed E-state index contributed by atoms with van der Waals surface area (Å²) >= 11 is 0. The summed E-state index contributed by atoms with van der Waals surface area (Å²) in [5.41, 5.74) is 4.57. The van der Waals surface area contributed by atoms with Gasteiger partial charge in [-0.15, -0.1) is 0 Å². The standard InChI is InChI=1S/C23H24N2O5/c1-2-20(22(27)28)25-21(26)12-7-13-24-23(29)30-14-19-17-10-5-3-8-15(17)16-9-4-6-11-18(16)19/h3-12,19-20H,2,13-14H2,1H3,(H,24,29)(H,25,26)(H,27,28)/b12-7+. The molecule has 0 radical (unpaired) electrons. The first-order valence-electron chi connectivity index (χ1n) is 9.80. The monoisotopic (exact) mass is 408 g/mol. The van der Waals surface area contributed by atoms with E-state index in [-0.39, 0.29) is 25.5 Å². The molecule has 0 saturated carbocycles. The number of amides is 2. The summed E-state index contributed by atoms with van der Waals surface area (Å²) in [5, 5.41) is 13.8. The van der Waals surface area contributed by atoms with E-state index in [2.05, 4.69) is 22.8 Å². The molecule has 0 saturated heterocycles. The highest BCUT2D eigenvalue weighted by molar-refractivity contribution is 5.91. The Morgan fingerprint density at radius 1 is 1.07 bits per heavy atom. The number of ether oxygens (including phenoxy) is 1. The summed E-state index contributed by atoms with van der Waals surface area (Å²) in [6.45, 7) is 1.97. The molecule has 0 aromatic heterocycles. The third kappa shape index (κ3) is 4.86. The van der Waals surface area contributed by atoms with Gasteiger partial charge in [0.2, 0.25) is 5.91 Å². The van der Waals surface area contributed by atoms with Gasteiger partial charge in [0.25, 0.3) is 0 Å². The van der Waals surface area contributed by atoms with Crippen LogP contribution in [-0.4, -0.2) is 42.3 Å². The summed E-state index contributed by atoms with van der Waals surface area (Å²) in [7, 11) is 0. The molecule has 0 spiro atoms. The maximum Gasteiger partial charge on any atom is 0.407 e. The number of aliphatic carboxylic acids is 1. The molecule has 3 N–H and O–H groups in total. The molecule has 2 amide bonds. The van der Waals surface area contributed by atoms with Gasteiger partial charge in [-0.05, 0) is 28.7 Å². The van der Waals surface area contributed by atoms with Crippen molar-refractivity contribution in [3.05, 3.63) is 71.8 Å². The third-order valence-corrected chi connectivity index (χ3v) is 5.00. The first-order chi connectivity index (χ1) is 14.5. The van der Waals surface area contributed by atoms with Crippen molar-refractivity contribution in [1.82, 2.24) is 10.6 Å².